The zero-order valence-electron chi connectivity index (χ0n) is 14.1. The standard InChI is InChI=1S/C17H15N3O7/c21-17(27-14-3-1-2-13(11-14)19(22)23)12-4-5-15(16(10-12)20(24)25)18-6-8-26-9-7-18/h1-5,10-11H,6-9H2. The summed E-state index contributed by atoms with van der Waals surface area (Å²) >= 11 is 0. The average Bonchev–Trinajstić information content (AvgIpc) is 2.68. The van der Waals surface area contributed by atoms with Crippen molar-refractivity contribution < 1.29 is 24.1 Å². The Morgan fingerprint density at radius 3 is 2.44 bits per heavy atom. The highest BCUT2D eigenvalue weighted by atomic mass is 16.6. The largest absolute Gasteiger partial charge is 0.423 e. The molecule has 3 rings (SSSR count). The second-order valence-corrected chi connectivity index (χ2v) is 5.70. The number of hydrogen-bond acceptors (Lipinski definition) is 8. The molecule has 2 aromatic rings. The van der Waals surface area contributed by atoms with Crippen molar-refractivity contribution in [1.29, 1.82) is 0 Å². The quantitative estimate of drug-likeness (QED) is 0.339. The molecule has 10 heteroatoms. The first-order valence-electron chi connectivity index (χ1n) is 8.03. The summed E-state index contributed by atoms with van der Waals surface area (Å²) in [6.07, 6.45) is 0. The number of carbonyl (C=O) groups excluding carboxylic acids is 1. The number of non-ortho nitro benzene ring substituents is 1. The molecule has 0 saturated carbocycles. The minimum Gasteiger partial charge on any atom is -0.423 e. The molecule has 0 aliphatic carbocycles. The normalized spacial score (nSPS) is 13.9. The Kier molecular flexibility index (Phi) is 5.27. The molecule has 2 aromatic carbocycles. The molecule has 0 unspecified atom stereocenters. The van der Waals surface area contributed by atoms with Crippen molar-refractivity contribution in [2.75, 3.05) is 31.2 Å². The molecule has 1 saturated heterocycles. The topological polar surface area (TPSA) is 125 Å². The minimum absolute atomic E-state index is 0.0193. The van der Waals surface area contributed by atoms with Gasteiger partial charge in [0, 0.05) is 25.2 Å². The molecule has 10 nitrogen and oxygen atoms in total. The van der Waals surface area contributed by atoms with Gasteiger partial charge in [0.25, 0.3) is 11.4 Å². The van der Waals surface area contributed by atoms with Crippen LogP contribution >= 0.6 is 0 Å². The number of hydrogen-bond donors (Lipinski definition) is 0. The van der Waals surface area contributed by atoms with Gasteiger partial charge in [-0.2, -0.15) is 0 Å². The fraction of sp³-hybridized carbons (Fsp3) is 0.235. The number of morpholine rings is 1. The lowest BCUT2D eigenvalue weighted by Gasteiger charge is -2.28. The summed E-state index contributed by atoms with van der Waals surface area (Å²) in [4.78, 5) is 35.2. The van der Waals surface area contributed by atoms with Crippen LogP contribution in [0.1, 0.15) is 10.4 Å². The van der Waals surface area contributed by atoms with Crippen molar-refractivity contribution in [3.8, 4) is 5.75 Å². The predicted molar refractivity (Wildman–Crippen MR) is 94.2 cm³/mol. The number of nitrogens with zero attached hydrogens (tertiary/aromatic N) is 3. The molecule has 27 heavy (non-hydrogen) atoms. The summed E-state index contributed by atoms with van der Waals surface area (Å²) in [5, 5.41) is 22.2. The Morgan fingerprint density at radius 1 is 1.04 bits per heavy atom. The van der Waals surface area contributed by atoms with Crippen LogP contribution in [0.5, 0.6) is 5.75 Å². The summed E-state index contributed by atoms with van der Waals surface area (Å²) in [5.41, 5.74) is -0.0697. The number of ether oxygens (including phenoxy) is 2. The molecule has 1 aliphatic rings. The monoisotopic (exact) mass is 373 g/mol. The van der Waals surface area contributed by atoms with Crippen LogP contribution in [0.4, 0.5) is 17.1 Å². The van der Waals surface area contributed by atoms with Crippen LogP contribution in [-0.4, -0.2) is 42.1 Å². The molecule has 0 radical (unpaired) electrons. The van der Waals surface area contributed by atoms with E-state index in [2.05, 4.69) is 0 Å². The SMILES string of the molecule is O=C(Oc1cccc([N+](=O)[O-])c1)c1ccc(N2CCOCC2)c([N+](=O)[O-])c1. The highest BCUT2D eigenvalue weighted by molar-refractivity contribution is 5.93. The third kappa shape index (κ3) is 4.18. The minimum atomic E-state index is -0.841. The summed E-state index contributed by atoms with van der Waals surface area (Å²) in [6.45, 7) is 1.96. The Bertz CT molecular complexity index is 894. The van der Waals surface area contributed by atoms with E-state index in [0.717, 1.165) is 12.1 Å². The lowest BCUT2D eigenvalue weighted by molar-refractivity contribution is -0.385. The Hall–Kier alpha value is -3.53. The summed E-state index contributed by atoms with van der Waals surface area (Å²) in [6, 6.07) is 9.20. The fourth-order valence-electron chi connectivity index (χ4n) is 2.69. The van der Waals surface area contributed by atoms with Crippen LogP contribution < -0.4 is 9.64 Å². The molecule has 1 aliphatic heterocycles. The number of nitro benzene ring substituents is 2. The Labute approximate surface area is 153 Å². The van der Waals surface area contributed by atoms with E-state index in [9.17, 15) is 25.0 Å². The van der Waals surface area contributed by atoms with E-state index in [1.54, 1.807) is 0 Å². The first-order valence-corrected chi connectivity index (χ1v) is 8.03. The van der Waals surface area contributed by atoms with Crippen LogP contribution in [-0.2, 0) is 4.74 Å². The number of rotatable bonds is 5. The zero-order chi connectivity index (χ0) is 19.4. The van der Waals surface area contributed by atoms with Gasteiger partial charge >= 0.3 is 5.97 Å². The van der Waals surface area contributed by atoms with Gasteiger partial charge in [0.2, 0.25) is 0 Å². The summed E-state index contributed by atoms with van der Waals surface area (Å²) in [5.74, 6) is -0.860. The molecule has 140 valence electrons. The van der Waals surface area contributed by atoms with Gasteiger partial charge < -0.3 is 14.4 Å². The van der Waals surface area contributed by atoms with Crippen molar-refractivity contribution in [2.24, 2.45) is 0 Å². The van der Waals surface area contributed by atoms with E-state index in [4.69, 9.17) is 9.47 Å². The van der Waals surface area contributed by atoms with Gasteiger partial charge in [-0.15, -0.1) is 0 Å². The van der Waals surface area contributed by atoms with Gasteiger partial charge in [0.15, 0.2) is 0 Å². The number of nitro groups is 2. The van der Waals surface area contributed by atoms with E-state index < -0.39 is 15.8 Å². The van der Waals surface area contributed by atoms with Crippen molar-refractivity contribution in [1.82, 2.24) is 0 Å². The molecule has 0 bridgehead atoms. The number of anilines is 1. The van der Waals surface area contributed by atoms with Crippen LogP contribution in [0.15, 0.2) is 42.5 Å². The Morgan fingerprint density at radius 2 is 1.78 bits per heavy atom. The van der Waals surface area contributed by atoms with Crippen molar-refractivity contribution >= 4 is 23.0 Å². The molecule has 1 heterocycles. The third-order valence-corrected chi connectivity index (χ3v) is 4.00. The smallest absolute Gasteiger partial charge is 0.343 e. The lowest BCUT2D eigenvalue weighted by atomic mass is 10.1. The van der Waals surface area contributed by atoms with Crippen LogP contribution in [0, 0.1) is 20.2 Å². The van der Waals surface area contributed by atoms with Gasteiger partial charge in [-0.3, -0.25) is 20.2 Å². The van der Waals surface area contributed by atoms with Crippen LogP contribution in [0.2, 0.25) is 0 Å². The maximum atomic E-state index is 12.3. The third-order valence-electron chi connectivity index (χ3n) is 4.00. The first-order chi connectivity index (χ1) is 13.0. The number of carbonyl (C=O) groups is 1. The second-order valence-electron chi connectivity index (χ2n) is 5.70. The molecular formula is C17H15N3O7. The number of esters is 1. The Balaban J connectivity index is 1.84. The van der Waals surface area contributed by atoms with Crippen LogP contribution in [0.25, 0.3) is 0 Å². The van der Waals surface area contributed by atoms with Gasteiger partial charge in [0.1, 0.15) is 11.4 Å². The molecule has 0 aromatic heterocycles. The summed E-state index contributed by atoms with van der Waals surface area (Å²) in [7, 11) is 0. The molecule has 0 spiro atoms. The number of benzene rings is 2. The zero-order valence-corrected chi connectivity index (χ0v) is 14.1. The van der Waals surface area contributed by atoms with E-state index >= 15 is 0 Å². The fourth-order valence-corrected chi connectivity index (χ4v) is 2.69. The highest BCUT2D eigenvalue weighted by Crippen LogP contribution is 2.30. The van der Waals surface area contributed by atoms with Gasteiger partial charge in [-0.25, -0.2) is 4.79 Å². The molecule has 1 fully saturated rings. The van der Waals surface area contributed by atoms with Crippen LogP contribution in [0.3, 0.4) is 0 Å². The van der Waals surface area contributed by atoms with Gasteiger partial charge in [-0.05, 0) is 18.2 Å². The average molecular weight is 373 g/mol. The van der Waals surface area contributed by atoms with Crippen molar-refractivity contribution in [3.63, 3.8) is 0 Å². The van der Waals surface area contributed by atoms with E-state index in [1.807, 2.05) is 4.90 Å². The first kappa shape index (κ1) is 18.3. The van der Waals surface area contributed by atoms with Crippen molar-refractivity contribution in [2.45, 2.75) is 0 Å². The van der Waals surface area contributed by atoms with E-state index in [0.29, 0.717) is 32.0 Å². The maximum absolute atomic E-state index is 12.3. The lowest BCUT2D eigenvalue weighted by Crippen LogP contribution is -2.36. The second kappa shape index (κ2) is 7.79. The van der Waals surface area contributed by atoms with Crippen molar-refractivity contribution in [3.05, 3.63) is 68.3 Å². The molecule has 0 amide bonds. The molecule has 0 atom stereocenters. The highest BCUT2D eigenvalue weighted by Gasteiger charge is 2.24. The predicted octanol–water partition coefficient (Wildman–Crippen LogP) is 2.56. The maximum Gasteiger partial charge on any atom is 0.343 e. The van der Waals surface area contributed by atoms with E-state index in [1.165, 1.54) is 30.3 Å². The molecular weight excluding hydrogens is 358 g/mol. The summed E-state index contributed by atoms with van der Waals surface area (Å²) < 4.78 is 10.4. The van der Waals surface area contributed by atoms with Gasteiger partial charge in [0.05, 0.1) is 34.7 Å². The molecule has 0 N–H and O–H groups in total. The van der Waals surface area contributed by atoms with Gasteiger partial charge in [-0.1, -0.05) is 6.07 Å². The van der Waals surface area contributed by atoms with E-state index in [-0.39, 0.29) is 22.7 Å².